The Morgan fingerprint density at radius 1 is 1.15 bits per heavy atom. The molecule has 2 aliphatic carbocycles. The predicted molar refractivity (Wildman–Crippen MR) is 144 cm³/mol. The summed E-state index contributed by atoms with van der Waals surface area (Å²) < 4.78 is 7.98. The second-order valence-electron chi connectivity index (χ2n) is 11.2. The number of rotatable bonds is 6. The van der Waals surface area contributed by atoms with Crippen molar-refractivity contribution in [3.8, 4) is 11.3 Å². The number of hydrogen-bond donors (Lipinski definition) is 2. The molecule has 0 bridgehead atoms. The lowest BCUT2D eigenvalue weighted by Crippen LogP contribution is -2.25. The minimum absolute atomic E-state index is 0.325. The Balaban J connectivity index is 1.46. The monoisotopic (exact) mass is 547 g/mol. The highest BCUT2D eigenvalue weighted by Gasteiger charge is 2.53. The summed E-state index contributed by atoms with van der Waals surface area (Å²) in [4.78, 5) is 36.4. The van der Waals surface area contributed by atoms with Gasteiger partial charge >= 0.3 is 6.09 Å². The third kappa shape index (κ3) is 4.26. The van der Waals surface area contributed by atoms with E-state index in [2.05, 4.69) is 27.3 Å². The van der Waals surface area contributed by atoms with Crippen molar-refractivity contribution >= 4 is 28.9 Å². The summed E-state index contributed by atoms with van der Waals surface area (Å²) in [5.74, 6) is 3.42. The number of carbonyl (C=O) groups is 1. The summed E-state index contributed by atoms with van der Waals surface area (Å²) in [6, 6.07) is 7.64. The number of imidazole rings is 1. The molecule has 39 heavy (non-hydrogen) atoms. The maximum absolute atomic E-state index is 11.8. The number of benzene rings is 1. The van der Waals surface area contributed by atoms with Crippen molar-refractivity contribution in [2.75, 3.05) is 0 Å². The van der Waals surface area contributed by atoms with E-state index in [4.69, 9.17) is 35.8 Å². The number of nitrogens with one attached hydrogen (secondary N) is 2. The zero-order valence-corrected chi connectivity index (χ0v) is 22.7. The van der Waals surface area contributed by atoms with Gasteiger partial charge in [0.05, 0.1) is 11.1 Å². The first-order valence-electron chi connectivity index (χ1n) is 13.6. The normalized spacial score (nSPS) is 24.1. The molecule has 1 unspecified atom stereocenters. The zero-order valence-electron chi connectivity index (χ0n) is 21.9. The Bertz CT molecular complexity index is 1570. The van der Waals surface area contributed by atoms with Gasteiger partial charge in [0.25, 0.3) is 0 Å². The van der Waals surface area contributed by atoms with Crippen LogP contribution < -0.4 is 10.8 Å². The molecule has 2 saturated carbocycles. The highest BCUT2D eigenvalue weighted by Crippen LogP contribution is 2.54. The third-order valence-electron chi connectivity index (χ3n) is 8.46. The molecule has 2 N–H and O–H groups in total. The van der Waals surface area contributed by atoms with Crippen LogP contribution in [-0.4, -0.2) is 30.6 Å². The number of hydroxylamine groups is 1. The summed E-state index contributed by atoms with van der Waals surface area (Å²) in [5.41, 5.74) is 6.30. The van der Waals surface area contributed by atoms with Crippen LogP contribution in [0.3, 0.4) is 0 Å². The van der Waals surface area contributed by atoms with Crippen molar-refractivity contribution in [2.45, 2.75) is 70.5 Å². The smallest absolute Gasteiger partial charge is 0.427 e. The van der Waals surface area contributed by atoms with Gasteiger partial charge in [-0.15, -0.1) is 5.48 Å². The molecular formula is C28H30ClN7O3. The molecule has 3 aromatic heterocycles. The number of aryl methyl sites for hydroxylation is 1. The number of halogens is 1. The highest BCUT2D eigenvalue weighted by molar-refractivity contribution is 6.30. The van der Waals surface area contributed by atoms with Crippen molar-refractivity contribution in [1.82, 2.24) is 35.3 Å². The average molecular weight is 548 g/mol. The first kappa shape index (κ1) is 24.5. The van der Waals surface area contributed by atoms with Gasteiger partial charge in [0.15, 0.2) is 24.0 Å². The van der Waals surface area contributed by atoms with Crippen LogP contribution in [0.5, 0.6) is 0 Å². The first-order valence-corrected chi connectivity index (χ1v) is 14.0. The van der Waals surface area contributed by atoms with Gasteiger partial charge in [0.1, 0.15) is 22.8 Å². The van der Waals surface area contributed by atoms with Gasteiger partial charge in [-0.05, 0) is 56.6 Å². The number of oxazole rings is 1. The summed E-state index contributed by atoms with van der Waals surface area (Å²) in [6.07, 6.45) is 6.94. The molecule has 3 fully saturated rings. The fourth-order valence-corrected chi connectivity index (χ4v) is 6.39. The molecule has 7 rings (SSSR count). The van der Waals surface area contributed by atoms with Crippen LogP contribution >= 0.6 is 11.6 Å². The average Bonchev–Trinajstić information content (AvgIpc) is 3.20. The molecule has 1 amide bonds. The minimum atomic E-state index is -0.694. The summed E-state index contributed by atoms with van der Waals surface area (Å²) >= 11 is 6.44. The van der Waals surface area contributed by atoms with Gasteiger partial charge in [-0.1, -0.05) is 43.5 Å². The summed E-state index contributed by atoms with van der Waals surface area (Å²) in [7, 11) is 0. The SMILES string of the molecule is Cc1ocnc1C1(c2nc3nc(C4NOC(=O)N4)nc(-c4cccc(Cl)c4)c3n2CC2CCC(C)CC2)CC1. The Morgan fingerprint density at radius 3 is 2.64 bits per heavy atom. The minimum Gasteiger partial charge on any atom is -0.448 e. The quantitative estimate of drug-likeness (QED) is 0.320. The number of aromatic nitrogens is 5. The third-order valence-corrected chi connectivity index (χ3v) is 8.70. The fourth-order valence-electron chi connectivity index (χ4n) is 6.20. The van der Waals surface area contributed by atoms with Crippen LogP contribution in [-0.2, 0) is 16.8 Å². The molecule has 202 valence electrons. The van der Waals surface area contributed by atoms with Crippen LogP contribution in [0.15, 0.2) is 35.1 Å². The molecule has 4 aromatic rings. The van der Waals surface area contributed by atoms with Crippen molar-refractivity contribution < 1.29 is 14.0 Å². The number of amides is 1. The molecule has 1 aromatic carbocycles. The number of carbonyl (C=O) groups excluding carboxylic acids is 1. The summed E-state index contributed by atoms with van der Waals surface area (Å²) in [5, 5.41) is 3.32. The first-order chi connectivity index (χ1) is 18.9. The van der Waals surface area contributed by atoms with Crippen LogP contribution in [0, 0.1) is 18.8 Å². The van der Waals surface area contributed by atoms with E-state index in [1.807, 2.05) is 31.2 Å². The molecule has 11 heteroatoms. The van der Waals surface area contributed by atoms with Gasteiger partial charge in [-0.2, -0.15) is 0 Å². The van der Waals surface area contributed by atoms with Crippen LogP contribution in [0.25, 0.3) is 22.4 Å². The molecule has 4 heterocycles. The predicted octanol–water partition coefficient (Wildman–Crippen LogP) is 5.59. The Kier molecular flexibility index (Phi) is 5.85. The number of hydrogen-bond acceptors (Lipinski definition) is 8. The Labute approximate surface area is 230 Å². The van der Waals surface area contributed by atoms with Crippen molar-refractivity contribution in [3.63, 3.8) is 0 Å². The van der Waals surface area contributed by atoms with Crippen molar-refractivity contribution in [2.24, 2.45) is 11.8 Å². The summed E-state index contributed by atoms with van der Waals surface area (Å²) in [6.45, 7) is 5.13. The molecule has 3 aliphatic rings. The largest absolute Gasteiger partial charge is 0.448 e. The lowest BCUT2D eigenvalue weighted by atomic mass is 9.83. The topological polar surface area (TPSA) is 120 Å². The molecule has 10 nitrogen and oxygen atoms in total. The second-order valence-corrected chi connectivity index (χ2v) is 11.6. The van der Waals surface area contributed by atoms with E-state index in [1.54, 1.807) is 0 Å². The van der Waals surface area contributed by atoms with Crippen LogP contribution in [0.2, 0.25) is 5.02 Å². The van der Waals surface area contributed by atoms with E-state index >= 15 is 0 Å². The van der Waals surface area contributed by atoms with Gasteiger partial charge in [-0.3, -0.25) is 5.32 Å². The molecule has 0 spiro atoms. The van der Waals surface area contributed by atoms with Gasteiger partial charge in [0.2, 0.25) is 0 Å². The van der Waals surface area contributed by atoms with E-state index in [0.29, 0.717) is 22.4 Å². The second kappa shape index (κ2) is 9.31. The molecule has 1 saturated heterocycles. The molecular weight excluding hydrogens is 518 g/mol. The number of nitrogens with zero attached hydrogens (tertiary/aromatic N) is 5. The lowest BCUT2D eigenvalue weighted by molar-refractivity contribution is 0.120. The van der Waals surface area contributed by atoms with Gasteiger partial charge < -0.3 is 13.8 Å². The van der Waals surface area contributed by atoms with Gasteiger partial charge in [0, 0.05) is 17.1 Å². The van der Waals surface area contributed by atoms with E-state index < -0.39 is 12.3 Å². The van der Waals surface area contributed by atoms with Gasteiger partial charge in [-0.25, -0.2) is 24.7 Å². The van der Waals surface area contributed by atoms with Crippen LogP contribution in [0.1, 0.15) is 74.7 Å². The maximum atomic E-state index is 11.8. The molecule has 1 atom stereocenters. The zero-order chi connectivity index (χ0) is 26.7. The molecule has 1 aliphatic heterocycles. The van der Waals surface area contributed by atoms with Crippen molar-refractivity contribution in [3.05, 3.63) is 58.8 Å². The number of fused-ring (bicyclic) bond motifs is 1. The standard InChI is InChI=1S/C28H30ClN7O3/c1-15-6-8-17(9-7-15)13-36-21-20(18-4-3-5-19(29)12-18)31-24(25-34-27(37)39-35-25)32-23(21)33-26(36)28(10-11-28)22-16(2)38-14-30-22/h3-5,12,14-15,17,25,35H,6-11,13H2,1-2H3,(H,34,37). The lowest BCUT2D eigenvalue weighted by Gasteiger charge is -2.28. The van der Waals surface area contributed by atoms with E-state index in [9.17, 15) is 4.79 Å². The highest BCUT2D eigenvalue weighted by atomic mass is 35.5. The van der Waals surface area contributed by atoms with Crippen molar-refractivity contribution in [1.29, 1.82) is 0 Å². The van der Waals surface area contributed by atoms with E-state index in [-0.39, 0.29) is 5.41 Å². The maximum Gasteiger partial charge on any atom is 0.427 e. The Morgan fingerprint density at radius 2 is 1.97 bits per heavy atom. The Hall–Kier alpha value is -3.50. The van der Waals surface area contributed by atoms with E-state index in [0.717, 1.165) is 59.4 Å². The van der Waals surface area contributed by atoms with E-state index in [1.165, 1.54) is 32.1 Å². The fraction of sp³-hybridized carbons (Fsp3) is 0.464. The molecule has 0 radical (unpaired) electrons. The van der Waals surface area contributed by atoms with Crippen LogP contribution in [0.4, 0.5) is 4.79 Å².